The lowest BCUT2D eigenvalue weighted by atomic mass is 9.98. The minimum atomic E-state index is -0.193. The van der Waals surface area contributed by atoms with Gasteiger partial charge in [-0.25, -0.2) is 0 Å². The second-order valence-corrected chi connectivity index (χ2v) is 5.60. The molecule has 82 valence electrons. The predicted octanol–water partition coefficient (Wildman–Crippen LogP) is 2.29. The molecule has 15 heavy (non-hydrogen) atoms. The third-order valence-corrected chi connectivity index (χ3v) is 4.30. The van der Waals surface area contributed by atoms with Crippen LogP contribution in [0.3, 0.4) is 0 Å². The van der Waals surface area contributed by atoms with Crippen LogP contribution in [0.15, 0.2) is 6.07 Å². The van der Waals surface area contributed by atoms with Gasteiger partial charge in [-0.1, -0.05) is 6.92 Å². The van der Waals surface area contributed by atoms with Gasteiger partial charge in [0.1, 0.15) is 0 Å². The number of amides is 1. The van der Waals surface area contributed by atoms with E-state index >= 15 is 0 Å². The van der Waals surface area contributed by atoms with Crippen LogP contribution in [0.25, 0.3) is 0 Å². The van der Waals surface area contributed by atoms with Gasteiger partial charge in [-0.15, -0.1) is 11.3 Å². The quantitative estimate of drug-likeness (QED) is 0.839. The normalized spacial score (nSPS) is 17.1. The summed E-state index contributed by atoms with van der Waals surface area (Å²) in [5.74, 6) is -0.230. The van der Waals surface area contributed by atoms with Gasteiger partial charge in [-0.05, 0) is 43.7 Å². The summed E-state index contributed by atoms with van der Waals surface area (Å²) >= 11 is 1.87. The van der Waals surface area contributed by atoms with Crippen molar-refractivity contribution in [3.8, 4) is 0 Å². The lowest BCUT2D eigenvalue weighted by Crippen LogP contribution is -2.21. The molecule has 1 heterocycles. The number of carbonyl (C=O) groups excluding carboxylic acids is 1. The number of aryl methyl sites for hydroxylation is 2. The van der Waals surface area contributed by atoms with Crippen LogP contribution in [-0.4, -0.2) is 5.91 Å². The Labute approximate surface area is 94.5 Å². The molecule has 1 amide bonds. The maximum atomic E-state index is 11.0. The molecule has 0 aliphatic heterocycles. The number of hydrogen-bond acceptors (Lipinski definition) is 2. The van der Waals surface area contributed by atoms with E-state index in [1.165, 1.54) is 41.0 Å². The summed E-state index contributed by atoms with van der Waals surface area (Å²) in [7, 11) is 0. The molecule has 0 saturated carbocycles. The molecule has 1 aliphatic carbocycles. The van der Waals surface area contributed by atoms with Crippen molar-refractivity contribution in [2.75, 3.05) is 0 Å². The van der Waals surface area contributed by atoms with Gasteiger partial charge in [0.05, 0.1) is 0 Å². The summed E-state index contributed by atoms with van der Waals surface area (Å²) in [6.07, 6.45) is 5.89. The zero-order valence-electron chi connectivity index (χ0n) is 9.08. The molecule has 2 rings (SSSR count). The molecule has 2 nitrogen and oxygen atoms in total. The summed E-state index contributed by atoms with van der Waals surface area (Å²) < 4.78 is 0. The molecular weight excluding hydrogens is 206 g/mol. The molecule has 1 atom stereocenters. The fourth-order valence-electron chi connectivity index (χ4n) is 2.06. The van der Waals surface area contributed by atoms with E-state index in [4.69, 9.17) is 5.73 Å². The van der Waals surface area contributed by atoms with E-state index in [9.17, 15) is 4.79 Å². The molecule has 0 aromatic carbocycles. The standard InChI is InChI=1S/C12H17NOS/c1-8(12(13)14)6-10-7-9-4-2-3-5-11(9)15-10/h7-8H,2-6H2,1H3,(H2,13,14). The molecule has 0 saturated heterocycles. The largest absolute Gasteiger partial charge is 0.369 e. The first-order valence-corrected chi connectivity index (χ1v) is 6.38. The molecule has 0 spiro atoms. The highest BCUT2D eigenvalue weighted by molar-refractivity contribution is 7.12. The van der Waals surface area contributed by atoms with E-state index in [2.05, 4.69) is 6.07 Å². The van der Waals surface area contributed by atoms with Crippen molar-refractivity contribution in [1.82, 2.24) is 0 Å². The Bertz CT molecular complexity index is 346. The third kappa shape index (κ3) is 2.40. The van der Waals surface area contributed by atoms with Gasteiger partial charge in [0.2, 0.25) is 5.91 Å². The zero-order valence-corrected chi connectivity index (χ0v) is 9.90. The van der Waals surface area contributed by atoms with Gasteiger partial charge in [0, 0.05) is 15.7 Å². The van der Waals surface area contributed by atoms with Crippen LogP contribution in [0.4, 0.5) is 0 Å². The predicted molar refractivity (Wildman–Crippen MR) is 63.0 cm³/mol. The fourth-order valence-corrected chi connectivity index (χ4v) is 3.44. The van der Waals surface area contributed by atoms with Crippen LogP contribution in [0.1, 0.15) is 35.1 Å². The van der Waals surface area contributed by atoms with Crippen LogP contribution >= 0.6 is 11.3 Å². The zero-order chi connectivity index (χ0) is 10.8. The summed E-state index contributed by atoms with van der Waals surface area (Å²) in [6.45, 7) is 1.90. The molecule has 0 fully saturated rings. The Morgan fingerprint density at radius 1 is 1.53 bits per heavy atom. The number of primary amides is 1. The van der Waals surface area contributed by atoms with Gasteiger partial charge in [0.25, 0.3) is 0 Å². The lowest BCUT2D eigenvalue weighted by Gasteiger charge is -2.08. The van der Waals surface area contributed by atoms with Crippen molar-refractivity contribution in [1.29, 1.82) is 0 Å². The molecule has 2 N–H and O–H groups in total. The minimum Gasteiger partial charge on any atom is -0.369 e. The van der Waals surface area contributed by atoms with Gasteiger partial charge in [0.15, 0.2) is 0 Å². The minimum absolute atomic E-state index is 0.0369. The summed E-state index contributed by atoms with van der Waals surface area (Å²) in [5.41, 5.74) is 6.78. The number of carbonyl (C=O) groups is 1. The summed E-state index contributed by atoms with van der Waals surface area (Å²) in [5, 5.41) is 0. The molecular formula is C12H17NOS. The number of thiophene rings is 1. The highest BCUT2D eigenvalue weighted by Crippen LogP contribution is 2.30. The summed E-state index contributed by atoms with van der Waals surface area (Å²) in [4.78, 5) is 13.8. The molecule has 1 aromatic heterocycles. The Hall–Kier alpha value is -0.830. The first-order chi connectivity index (χ1) is 7.16. The van der Waals surface area contributed by atoms with Crippen LogP contribution in [0.5, 0.6) is 0 Å². The van der Waals surface area contributed by atoms with Crippen LogP contribution < -0.4 is 5.73 Å². The van der Waals surface area contributed by atoms with Crippen molar-refractivity contribution >= 4 is 17.2 Å². The maximum absolute atomic E-state index is 11.0. The van der Waals surface area contributed by atoms with Crippen molar-refractivity contribution in [3.05, 3.63) is 21.4 Å². The van der Waals surface area contributed by atoms with Crippen molar-refractivity contribution in [2.45, 2.75) is 39.0 Å². The number of rotatable bonds is 3. The molecule has 0 radical (unpaired) electrons. The molecule has 0 bridgehead atoms. The molecule has 1 aliphatic rings. The van der Waals surface area contributed by atoms with Crippen molar-refractivity contribution < 1.29 is 4.79 Å². The highest BCUT2D eigenvalue weighted by atomic mass is 32.1. The number of hydrogen-bond donors (Lipinski definition) is 1. The summed E-state index contributed by atoms with van der Waals surface area (Å²) in [6, 6.07) is 2.28. The third-order valence-electron chi connectivity index (χ3n) is 3.04. The van der Waals surface area contributed by atoms with E-state index < -0.39 is 0 Å². The topological polar surface area (TPSA) is 43.1 Å². The van der Waals surface area contributed by atoms with Crippen molar-refractivity contribution in [2.24, 2.45) is 11.7 Å². The molecule has 3 heteroatoms. The van der Waals surface area contributed by atoms with Gasteiger partial charge >= 0.3 is 0 Å². The van der Waals surface area contributed by atoms with E-state index in [0.717, 1.165) is 6.42 Å². The van der Waals surface area contributed by atoms with Crippen LogP contribution in [-0.2, 0) is 24.1 Å². The van der Waals surface area contributed by atoms with E-state index in [0.29, 0.717) is 0 Å². The SMILES string of the molecule is CC(Cc1cc2c(s1)CCCC2)C(N)=O. The monoisotopic (exact) mass is 223 g/mol. The second-order valence-electron chi connectivity index (χ2n) is 4.38. The lowest BCUT2D eigenvalue weighted by molar-refractivity contribution is -0.121. The molecule has 1 aromatic rings. The second kappa shape index (κ2) is 4.35. The van der Waals surface area contributed by atoms with Crippen LogP contribution in [0.2, 0.25) is 0 Å². The Morgan fingerprint density at radius 2 is 2.27 bits per heavy atom. The van der Waals surface area contributed by atoms with Crippen LogP contribution in [0, 0.1) is 5.92 Å². The van der Waals surface area contributed by atoms with Gasteiger partial charge < -0.3 is 5.73 Å². The smallest absolute Gasteiger partial charge is 0.220 e. The Kier molecular flexibility index (Phi) is 3.10. The van der Waals surface area contributed by atoms with Crippen molar-refractivity contribution in [3.63, 3.8) is 0 Å². The highest BCUT2D eigenvalue weighted by Gasteiger charge is 2.16. The average molecular weight is 223 g/mol. The maximum Gasteiger partial charge on any atom is 0.220 e. The van der Waals surface area contributed by atoms with Gasteiger partial charge in [-0.2, -0.15) is 0 Å². The fraction of sp³-hybridized carbons (Fsp3) is 0.583. The Balaban J connectivity index is 2.09. The van der Waals surface area contributed by atoms with E-state index in [-0.39, 0.29) is 11.8 Å². The van der Waals surface area contributed by atoms with E-state index in [1.54, 1.807) is 0 Å². The number of fused-ring (bicyclic) bond motifs is 1. The number of nitrogens with two attached hydrogens (primary N) is 1. The molecule has 1 unspecified atom stereocenters. The van der Waals surface area contributed by atoms with Gasteiger partial charge in [-0.3, -0.25) is 4.79 Å². The first kappa shape index (κ1) is 10.7. The first-order valence-electron chi connectivity index (χ1n) is 5.56. The van der Waals surface area contributed by atoms with E-state index in [1.807, 2.05) is 18.3 Å². The average Bonchev–Trinajstić information content (AvgIpc) is 2.59. The Morgan fingerprint density at radius 3 is 2.93 bits per heavy atom.